The number of carbonyl (C=O) groups excluding carboxylic acids is 2. The maximum atomic E-state index is 12.5. The molecular weight excluding hydrogens is 252 g/mol. The molecular formula is C16H28N2O2. The predicted molar refractivity (Wildman–Crippen MR) is 81.1 cm³/mol. The smallest absolute Gasteiger partial charge is 0.239 e. The second-order valence-corrected chi connectivity index (χ2v) is 6.99. The summed E-state index contributed by atoms with van der Waals surface area (Å²) >= 11 is 0. The van der Waals surface area contributed by atoms with E-state index in [0.29, 0.717) is 0 Å². The van der Waals surface area contributed by atoms with Crippen molar-refractivity contribution < 1.29 is 9.59 Å². The van der Waals surface area contributed by atoms with Crippen LogP contribution in [0.3, 0.4) is 0 Å². The van der Waals surface area contributed by atoms with E-state index in [-0.39, 0.29) is 41.7 Å². The van der Waals surface area contributed by atoms with E-state index in [2.05, 4.69) is 39.1 Å². The molecule has 114 valence electrons. The Balaban J connectivity index is 2.63. The lowest BCUT2D eigenvalue weighted by Gasteiger charge is -2.18. The molecule has 0 aromatic carbocycles. The number of nitrogens with zero attached hydrogens (tertiary/aromatic N) is 1. The Kier molecular flexibility index (Phi) is 5.00. The van der Waals surface area contributed by atoms with Crippen LogP contribution in [0.2, 0.25) is 0 Å². The number of rotatable bonds is 5. The summed E-state index contributed by atoms with van der Waals surface area (Å²) in [6.07, 6.45) is 2.17. The van der Waals surface area contributed by atoms with Crippen molar-refractivity contribution in [2.24, 2.45) is 17.3 Å². The van der Waals surface area contributed by atoms with E-state index in [0.717, 1.165) is 0 Å². The average Bonchev–Trinajstić information content (AvgIpc) is 2.76. The molecule has 4 nitrogen and oxygen atoms in total. The van der Waals surface area contributed by atoms with Crippen LogP contribution < -0.4 is 5.32 Å². The third kappa shape index (κ3) is 3.84. The maximum Gasteiger partial charge on any atom is 0.239 e. The number of amides is 2. The predicted octanol–water partition coefficient (Wildman–Crippen LogP) is 2.21. The molecule has 4 heteroatoms. The first-order valence-electron chi connectivity index (χ1n) is 7.26. The van der Waals surface area contributed by atoms with E-state index in [4.69, 9.17) is 0 Å². The average molecular weight is 280 g/mol. The molecule has 0 saturated heterocycles. The van der Waals surface area contributed by atoms with Crippen molar-refractivity contribution in [2.45, 2.75) is 47.6 Å². The van der Waals surface area contributed by atoms with E-state index in [9.17, 15) is 9.59 Å². The molecule has 0 heterocycles. The fourth-order valence-corrected chi connectivity index (χ4v) is 2.72. The highest BCUT2D eigenvalue weighted by atomic mass is 16.2. The standard InChI is InChI=1S/C16H28N2O2/c1-10(2)8-12-14(16(12,5)6)15(20)18(7)9-13(19)17-11(3)4/h8,11-12,14H,9H2,1-7H3,(H,17,19). The van der Waals surface area contributed by atoms with E-state index in [1.54, 1.807) is 11.9 Å². The first kappa shape index (κ1) is 16.7. The molecule has 20 heavy (non-hydrogen) atoms. The highest BCUT2D eigenvalue weighted by molar-refractivity contribution is 5.88. The lowest BCUT2D eigenvalue weighted by atomic mass is 10.1. The zero-order valence-corrected chi connectivity index (χ0v) is 13.8. The monoisotopic (exact) mass is 280 g/mol. The summed E-state index contributed by atoms with van der Waals surface area (Å²) < 4.78 is 0. The number of nitrogens with one attached hydrogen (secondary N) is 1. The fraction of sp³-hybridized carbons (Fsp3) is 0.750. The molecule has 1 fully saturated rings. The molecule has 1 rings (SSSR count). The number of likely N-dealkylation sites (N-methyl/N-ethyl adjacent to an activating group) is 1. The normalized spacial score (nSPS) is 23.2. The summed E-state index contributed by atoms with van der Waals surface area (Å²) in [7, 11) is 1.70. The summed E-state index contributed by atoms with van der Waals surface area (Å²) in [6.45, 7) is 12.3. The van der Waals surface area contributed by atoms with Gasteiger partial charge in [0.05, 0.1) is 12.5 Å². The van der Waals surface area contributed by atoms with Gasteiger partial charge < -0.3 is 10.2 Å². The van der Waals surface area contributed by atoms with Crippen molar-refractivity contribution in [1.29, 1.82) is 0 Å². The minimum atomic E-state index is -0.104. The van der Waals surface area contributed by atoms with Crippen molar-refractivity contribution in [3.05, 3.63) is 11.6 Å². The lowest BCUT2D eigenvalue weighted by molar-refractivity contribution is -0.136. The first-order chi connectivity index (χ1) is 9.07. The van der Waals surface area contributed by atoms with Crippen LogP contribution in [0.4, 0.5) is 0 Å². The highest BCUT2D eigenvalue weighted by Crippen LogP contribution is 2.59. The van der Waals surface area contributed by atoms with Gasteiger partial charge in [-0.3, -0.25) is 9.59 Å². The molecule has 0 aromatic heterocycles. The van der Waals surface area contributed by atoms with Gasteiger partial charge in [-0.1, -0.05) is 25.5 Å². The Labute approximate surface area is 122 Å². The maximum absolute atomic E-state index is 12.5. The second-order valence-electron chi connectivity index (χ2n) is 6.99. The molecule has 0 aromatic rings. The number of carbonyl (C=O) groups is 2. The van der Waals surface area contributed by atoms with E-state index >= 15 is 0 Å². The van der Waals surface area contributed by atoms with Crippen LogP contribution in [-0.2, 0) is 9.59 Å². The fourth-order valence-electron chi connectivity index (χ4n) is 2.72. The van der Waals surface area contributed by atoms with Crippen molar-refractivity contribution in [2.75, 3.05) is 13.6 Å². The van der Waals surface area contributed by atoms with Gasteiger partial charge in [0.1, 0.15) is 0 Å². The van der Waals surface area contributed by atoms with Gasteiger partial charge in [0.15, 0.2) is 0 Å². The number of allylic oxidation sites excluding steroid dienone is 2. The highest BCUT2D eigenvalue weighted by Gasteiger charge is 2.60. The van der Waals surface area contributed by atoms with Crippen LogP contribution >= 0.6 is 0 Å². The minimum absolute atomic E-state index is 0.00284. The van der Waals surface area contributed by atoms with E-state index in [1.807, 2.05) is 13.8 Å². The second kappa shape index (κ2) is 5.98. The molecule has 0 bridgehead atoms. The third-order valence-electron chi connectivity index (χ3n) is 3.90. The third-order valence-corrected chi connectivity index (χ3v) is 3.90. The quantitative estimate of drug-likeness (QED) is 0.785. The molecule has 0 radical (unpaired) electrons. The van der Waals surface area contributed by atoms with Gasteiger partial charge in [-0.05, 0) is 39.0 Å². The molecule has 0 aliphatic heterocycles. The number of hydrogen-bond donors (Lipinski definition) is 1. The summed E-state index contributed by atoms with van der Waals surface area (Å²) in [5.41, 5.74) is 1.23. The van der Waals surface area contributed by atoms with Crippen LogP contribution in [0.15, 0.2) is 11.6 Å². The topological polar surface area (TPSA) is 49.4 Å². The van der Waals surface area contributed by atoms with Crippen LogP contribution in [0.5, 0.6) is 0 Å². The summed E-state index contributed by atoms with van der Waals surface area (Å²) in [6, 6.07) is 0.0989. The van der Waals surface area contributed by atoms with Gasteiger partial charge in [-0.2, -0.15) is 0 Å². The summed E-state index contributed by atoms with van der Waals surface area (Å²) in [5, 5.41) is 2.81. The Hall–Kier alpha value is -1.32. The molecule has 1 aliphatic rings. The van der Waals surface area contributed by atoms with Gasteiger partial charge in [-0.25, -0.2) is 0 Å². The van der Waals surface area contributed by atoms with Crippen molar-refractivity contribution >= 4 is 11.8 Å². The molecule has 2 atom stereocenters. The van der Waals surface area contributed by atoms with Crippen molar-refractivity contribution in [3.63, 3.8) is 0 Å². The first-order valence-corrected chi connectivity index (χ1v) is 7.26. The van der Waals surface area contributed by atoms with E-state index in [1.165, 1.54) is 5.57 Å². The summed E-state index contributed by atoms with van der Waals surface area (Å²) in [4.78, 5) is 25.7. The largest absolute Gasteiger partial charge is 0.352 e. The SMILES string of the molecule is CC(C)=CC1C(C(=O)N(C)CC(=O)NC(C)C)C1(C)C. The van der Waals surface area contributed by atoms with Crippen LogP contribution in [0.1, 0.15) is 41.5 Å². The molecule has 1 saturated carbocycles. The van der Waals surface area contributed by atoms with Crippen LogP contribution in [0.25, 0.3) is 0 Å². The van der Waals surface area contributed by atoms with Gasteiger partial charge in [0, 0.05) is 13.1 Å². The van der Waals surface area contributed by atoms with Crippen molar-refractivity contribution in [3.8, 4) is 0 Å². The molecule has 2 amide bonds. The van der Waals surface area contributed by atoms with Gasteiger partial charge >= 0.3 is 0 Å². The summed E-state index contributed by atoms with van der Waals surface area (Å²) in [5.74, 6) is 0.245. The molecule has 2 unspecified atom stereocenters. The Bertz CT molecular complexity index is 420. The Morgan fingerprint density at radius 1 is 1.30 bits per heavy atom. The van der Waals surface area contributed by atoms with Crippen LogP contribution in [0, 0.1) is 17.3 Å². The molecule has 0 spiro atoms. The minimum Gasteiger partial charge on any atom is -0.352 e. The zero-order chi connectivity index (χ0) is 15.7. The van der Waals surface area contributed by atoms with Gasteiger partial charge in [0.2, 0.25) is 11.8 Å². The van der Waals surface area contributed by atoms with Crippen LogP contribution in [-0.4, -0.2) is 36.3 Å². The Morgan fingerprint density at radius 2 is 1.85 bits per heavy atom. The molecule has 1 aliphatic carbocycles. The molecule has 1 N–H and O–H groups in total. The lowest BCUT2D eigenvalue weighted by Crippen LogP contribution is -2.41. The van der Waals surface area contributed by atoms with Gasteiger partial charge in [-0.15, -0.1) is 0 Å². The van der Waals surface area contributed by atoms with Gasteiger partial charge in [0.25, 0.3) is 0 Å². The van der Waals surface area contributed by atoms with E-state index < -0.39 is 0 Å². The number of hydrogen-bond acceptors (Lipinski definition) is 2. The zero-order valence-electron chi connectivity index (χ0n) is 13.8. The van der Waals surface area contributed by atoms with Crippen molar-refractivity contribution in [1.82, 2.24) is 10.2 Å². The Morgan fingerprint density at radius 3 is 2.30 bits per heavy atom.